The molecule has 0 aliphatic rings. The average molecular weight is 302 g/mol. The Labute approximate surface area is 121 Å². The summed E-state index contributed by atoms with van der Waals surface area (Å²) in [5.74, 6) is -0.417. The van der Waals surface area contributed by atoms with Gasteiger partial charge in [-0.3, -0.25) is 4.79 Å². The second-order valence-corrected chi connectivity index (χ2v) is 5.08. The smallest absolute Gasteiger partial charge is 0.315 e. The molecule has 0 aromatic carbocycles. The van der Waals surface area contributed by atoms with E-state index in [1.807, 2.05) is 12.3 Å². The van der Waals surface area contributed by atoms with Crippen molar-refractivity contribution in [2.75, 3.05) is 13.2 Å². The molecule has 6 nitrogen and oxygen atoms in total. The highest BCUT2D eigenvalue weighted by Gasteiger charge is 2.18. The molecule has 20 heavy (non-hydrogen) atoms. The molecule has 1 aromatic heterocycles. The summed E-state index contributed by atoms with van der Waals surface area (Å²) in [5, 5.41) is 10.3. The summed E-state index contributed by atoms with van der Waals surface area (Å²) < 4.78 is 11.9. The van der Waals surface area contributed by atoms with Gasteiger partial charge in [-0.25, -0.2) is 14.2 Å². The quantitative estimate of drug-likeness (QED) is 0.711. The number of urea groups is 1. The van der Waals surface area contributed by atoms with Gasteiger partial charge in [0.15, 0.2) is 0 Å². The molecule has 0 bridgehead atoms. The Hall–Kier alpha value is -1.70. The lowest BCUT2D eigenvalue weighted by molar-refractivity contribution is -0.122. The molecule has 112 valence electrons. The summed E-state index contributed by atoms with van der Waals surface area (Å²) in [7, 11) is 0. The van der Waals surface area contributed by atoms with Crippen molar-refractivity contribution in [1.29, 1.82) is 0 Å². The first-order chi connectivity index (χ1) is 9.58. The molecule has 0 spiro atoms. The second-order valence-electron chi connectivity index (χ2n) is 4.15. The van der Waals surface area contributed by atoms with Crippen molar-refractivity contribution >= 4 is 23.3 Å². The lowest BCUT2D eigenvalue weighted by Gasteiger charge is -2.18. The van der Waals surface area contributed by atoms with Gasteiger partial charge in [-0.2, -0.15) is 0 Å². The Morgan fingerprint density at radius 3 is 2.75 bits per heavy atom. The van der Waals surface area contributed by atoms with Gasteiger partial charge in [0.05, 0.1) is 6.04 Å². The maximum Gasteiger partial charge on any atom is 0.315 e. The minimum absolute atomic E-state index is 0.0524. The molecule has 0 unspecified atom stereocenters. The first-order valence-corrected chi connectivity index (χ1v) is 7.26. The van der Waals surface area contributed by atoms with E-state index >= 15 is 0 Å². The van der Waals surface area contributed by atoms with Gasteiger partial charge in [0.2, 0.25) is 5.91 Å². The van der Waals surface area contributed by atoms with E-state index in [1.54, 1.807) is 6.20 Å². The Morgan fingerprint density at radius 2 is 2.20 bits per heavy atom. The summed E-state index contributed by atoms with van der Waals surface area (Å²) in [6.07, 6.45) is 2.37. The van der Waals surface area contributed by atoms with Crippen LogP contribution in [0.2, 0.25) is 0 Å². The molecule has 2 atom stereocenters. The van der Waals surface area contributed by atoms with Crippen LogP contribution in [0.5, 0.6) is 0 Å². The highest BCUT2D eigenvalue weighted by atomic mass is 32.1. The van der Waals surface area contributed by atoms with Gasteiger partial charge < -0.3 is 16.0 Å². The van der Waals surface area contributed by atoms with Crippen LogP contribution in [0.15, 0.2) is 11.6 Å². The van der Waals surface area contributed by atoms with Gasteiger partial charge >= 0.3 is 6.03 Å². The normalized spacial score (nSPS) is 13.3. The van der Waals surface area contributed by atoms with E-state index in [4.69, 9.17) is 0 Å². The van der Waals surface area contributed by atoms with E-state index in [2.05, 4.69) is 20.9 Å². The van der Waals surface area contributed by atoms with Crippen molar-refractivity contribution in [2.24, 2.45) is 0 Å². The van der Waals surface area contributed by atoms with Crippen molar-refractivity contribution in [3.8, 4) is 0 Å². The van der Waals surface area contributed by atoms with Crippen LogP contribution < -0.4 is 16.0 Å². The maximum atomic E-state index is 11.9. The van der Waals surface area contributed by atoms with Crippen molar-refractivity contribution in [3.63, 3.8) is 0 Å². The first-order valence-electron chi connectivity index (χ1n) is 6.38. The number of alkyl halides is 1. The number of carbonyl (C=O) groups excluding carboxylic acids is 2. The van der Waals surface area contributed by atoms with Crippen LogP contribution in [0, 0.1) is 0 Å². The molecular weight excluding hydrogens is 283 g/mol. The lowest BCUT2D eigenvalue weighted by atomic mass is 10.2. The molecule has 1 heterocycles. The molecule has 3 N–H and O–H groups in total. The van der Waals surface area contributed by atoms with Crippen molar-refractivity contribution < 1.29 is 14.0 Å². The van der Waals surface area contributed by atoms with Gasteiger partial charge in [-0.1, -0.05) is 6.92 Å². The number of aromatic nitrogens is 1. The van der Waals surface area contributed by atoms with Gasteiger partial charge in [0, 0.05) is 18.1 Å². The SMILES string of the molecule is CC[C@@H](NC(=O)N[C@@H](C)C(=O)NCCF)c1nccs1. The fourth-order valence-corrected chi connectivity index (χ4v) is 2.30. The number of thiazole rings is 1. The molecule has 0 saturated heterocycles. The van der Waals surface area contributed by atoms with Gasteiger partial charge in [0.25, 0.3) is 0 Å². The zero-order valence-electron chi connectivity index (χ0n) is 11.5. The molecule has 0 saturated carbocycles. The van der Waals surface area contributed by atoms with Crippen molar-refractivity contribution in [1.82, 2.24) is 20.9 Å². The largest absolute Gasteiger partial charge is 0.352 e. The summed E-state index contributed by atoms with van der Waals surface area (Å²) >= 11 is 1.46. The van der Waals surface area contributed by atoms with E-state index < -0.39 is 24.7 Å². The van der Waals surface area contributed by atoms with Crippen LogP contribution in [0.1, 0.15) is 31.3 Å². The second kappa shape index (κ2) is 8.47. The predicted molar refractivity (Wildman–Crippen MR) is 75.3 cm³/mol. The van der Waals surface area contributed by atoms with Crippen molar-refractivity contribution in [2.45, 2.75) is 32.4 Å². The summed E-state index contributed by atoms with van der Waals surface area (Å²) in [4.78, 5) is 27.4. The zero-order chi connectivity index (χ0) is 15.0. The standard InChI is InChI=1S/C12H19FN4O2S/c1-3-9(11-15-6-7-20-11)17-12(19)16-8(2)10(18)14-5-4-13/h6-9H,3-5H2,1-2H3,(H,14,18)(H2,16,17,19)/t8-,9+/m0/s1. The molecule has 0 radical (unpaired) electrons. The van der Waals surface area contributed by atoms with Crippen LogP contribution >= 0.6 is 11.3 Å². The summed E-state index contributed by atoms with van der Waals surface area (Å²) in [6.45, 7) is 2.79. The number of carbonyl (C=O) groups is 2. The molecule has 0 aliphatic carbocycles. The van der Waals surface area contributed by atoms with Gasteiger partial charge in [0.1, 0.15) is 17.7 Å². The number of halogens is 1. The number of nitrogens with zero attached hydrogens (tertiary/aromatic N) is 1. The number of nitrogens with one attached hydrogen (secondary N) is 3. The number of hydrogen-bond acceptors (Lipinski definition) is 4. The lowest BCUT2D eigenvalue weighted by Crippen LogP contribution is -2.49. The van der Waals surface area contributed by atoms with E-state index in [-0.39, 0.29) is 12.6 Å². The molecule has 1 rings (SSSR count). The Balaban J connectivity index is 2.44. The van der Waals surface area contributed by atoms with E-state index in [0.717, 1.165) is 5.01 Å². The summed E-state index contributed by atoms with van der Waals surface area (Å²) in [6, 6.07) is -1.36. The molecule has 3 amide bonds. The van der Waals surface area contributed by atoms with Gasteiger partial charge in [-0.05, 0) is 13.3 Å². The van der Waals surface area contributed by atoms with Crippen LogP contribution in [-0.2, 0) is 4.79 Å². The molecule has 0 aliphatic heterocycles. The first kappa shape index (κ1) is 16.4. The maximum absolute atomic E-state index is 11.9. The molecule has 1 aromatic rings. The molecule has 0 fully saturated rings. The number of rotatable bonds is 7. The Kier molecular flexibility index (Phi) is 6.92. The van der Waals surface area contributed by atoms with E-state index in [9.17, 15) is 14.0 Å². The number of hydrogen-bond donors (Lipinski definition) is 3. The van der Waals surface area contributed by atoms with Crippen LogP contribution in [0.25, 0.3) is 0 Å². The molecule has 8 heteroatoms. The summed E-state index contributed by atoms with van der Waals surface area (Å²) in [5.41, 5.74) is 0. The fraction of sp³-hybridized carbons (Fsp3) is 0.583. The highest BCUT2D eigenvalue weighted by molar-refractivity contribution is 7.09. The average Bonchev–Trinajstić information content (AvgIpc) is 2.95. The zero-order valence-corrected chi connectivity index (χ0v) is 12.3. The topological polar surface area (TPSA) is 83.1 Å². The minimum Gasteiger partial charge on any atom is -0.352 e. The predicted octanol–water partition coefficient (Wildman–Crippen LogP) is 1.37. The number of amides is 3. The Bertz CT molecular complexity index is 427. The van der Waals surface area contributed by atoms with E-state index in [1.165, 1.54) is 18.3 Å². The van der Waals surface area contributed by atoms with Crippen LogP contribution in [0.3, 0.4) is 0 Å². The van der Waals surface area contributed by atoms with Gasteiger partial charge in [-0.15, -0.1) is 11.3 Å². The van der Waals surface area contributed by atoms with Crippen LogP contribution in [-0.4, -0.2) is 36.2 Å². The fourth-order valence-electron chi connectivity index (χ4n) is 1.53. The molecular formula is C12H19FN4O2S. The van der Waals surface area contributed by atoms with Crippen LogP contribution in [0.4, 0.5) is 9.18 Å². The Morgan fingerprint density at radius 1 is 1.45 bits per heavy atom. The van der Waals surface area contributed by atoms with Crippen molar-refractivity contribution in [3.05, 3.63) is 16.6 Å². The minimum atomic E-state index is -0.727. The third kappa shape index (κ3) is 5.12. The third-order valence-electron chi connectivity index (χ3n) is 2.60. The highest BCUT2D eigenvalue weighted by Crippen LogP contribution is 2.18. The monoisotopic (exact) mass is 302 g/mol. The van der Waals surface area contributed by atoms with E-state index in [0.29, 0.717) is 6.42 Å². The third-order valence-corrected chi connectivity index (χ3v) is 3.49.